The van der Waals surface area contributed by atoms with Crippen LogP contribution in [0.2, 0.25) is 0 Å². The first-order valence-electron chi connectivity index (χ1n) is 7.10. The maximum absolute atomic E-state index is 13.5. The number of alkyl halides is 3. The molecule has 2 nitrogen and oxygen atoms in total. The Labute approximate surface area is 116 Å². The first-order chi connectivity index (χ1) is 9.15. The minimum absolute atomic E-state index is 0.0378. The second-order valence-electron chi connectivity index (χ2n) is 7.09. The summed E-state index contributed by atoms with van der Waals surface area (Å²) in [4.78, 5) is 11.8. The van der Waals surface area contributed by atoms with Gasteiger partial charge in [-0.1, -0.05) is 6.58 Å². The molecule has 0 spiro atoms. The van der Waals surface area contributed by atoms with Gasteiger partial charge in [0.15, 0.2) is 0 Å². The van der Waals surface area contributed by atoms with E-state index < -0.39 is 23.2 Å². The van der Waals surface area contributed by atoms with E-state index in [9.17, 15) is 18.0 Å². The molecule has 4 aliphatic rings. The fraction of sp³-hybridized carbons (Fsp3) is 0.800. The summed E-state index contributed by atoms with van der Waals surface area (Å²) >= 11 is 0. The number of ether oxygens (including phenoxy) is 1. The number of esters is 1. The van der Waals surface area contributed by atoms with Crippen molar-refractivity contribution < 1.29 is 22.7 Å². The molecule has 0 saturated heterocycles. The third-order valence-corrected chi connectivity index (χ3v) is 5.27. The fourth-order valence-electron chi connectivity index (χ4n) is 4.91. The standard InChI is InChI=1S/C15H19F3O2/c1-9(2)12(19)20-14-6-10-3-11(7-14)5-13(4-10,8-14)15(16,17)18/h10-11H,1,3-8H2,2H3. The number of carbonyl (C=O) groups is 1. The van der Waals surface area contributed by atoms with Crippen molar-refractivity contribution in [3.05, 3.63) is 12.2 Å². The van der Waals surface area contributed by atoms with E-state index in [4.69, 9.17) is 4.74 Å². The van der Waals surface area contributed by atoms with Crippen LogP contribution in [0, 0.1) is 17.3 Å². The van der Waals surface area contributed by atoms with E-state index in [1.165, 1.54) is 6.92 Å². The monoisotopic (exact) mass is 288 g/mol. The lowest BCUT2D eigenvalue weighted by Gasteiger charge is -2.61. The third kappa shape index (κ3) is 1.97. The molecule has 2 atom stereocenters. The van der Waals surface area contributed by atoms with Crippen molar-refractivity contribution in [2.75, 3.05) is 0 Å². The highest BCUT2D eigenvalue weighted by atomic mass is 19.4. The second-order valence-corrected chi connectivity index (χ2v) is 7.09. The summed E-state index contributed by atoms with van der Waals surface area (Å²) in [6, 6.07) is 0. The summed E-state index contributed by atoms with van der Waals surface area (Å²) in [5, 5.41) is 0. The van der Waals surface area contributed by atoms with E-state index in [0.29, 0.717) is 12.8 Å². The summed E-state index contributed by atoms with van der Waals surface area (Å²) in [5.41, 5.74) is -2.29. The Balaban J connectivity index is 1.91. The number of carbonyl (C=O) groups excluding carboxylic acids is 1. The van der Waals surface area contributed by atoms with Gasteiger partial charge in [-0.15, -0.1) is 0 Å². The van der Waals surface area contributed by atoms with Gasteiger partial charge < -0.3 is 4.74 Å². The van der Waals surface area contributed by atoms with Crippen LogP contribution in [0.4, 0.5) is 13.2 Å². The topological polar surface area (TPSA) is 26.3 Å². The Bertz CT molecular complexity index is 452. The van der Waals surface area contributed by atoms with Crippen LogP contribution in [-0.2, 0) is 9.53 Å². The lowest BCUT2D eigenvalue weighted by Crippen LogP contribution is -2.61. The van der Waals surface area contributed by atoms with Crippen LogP contribution in [0.25, 0.3) is 0 Å². The Morgan fingerprint density at radius 3 is 2.20 bits per heavy atom. The van der Waals surface area contributed by atoms with Gasteiger partial charge in [-0.3, -0.25) is 0 Å². The van der Waals surface area contributed by atoms with E-state index in [1.54, 1.807) is 0 Å². The van der Waals surface area contributed by atoms with Crippen molar-refractivity contribution >= 4 is 5.97 Å². The van der Waals surface area contributed by atoms with Crippen molar-refractivity contribution in [3.8, 4) is 0 Å². The van der Waals surface area contributed by atoms with Crippen LogP contribution in [0.1, 0.15) is 45.4 Å². The molecule has 4 rings (SSSR count). The average Bonchev–Trinajstić information content (AvgIpc) is 2.24. The number of halogens is 3. The van der Waals surface area contributed by atoms with Gasteiger partial charge in [0, 0.05) is 12.0 Å². The minimum atomic E-state index is -4.20. The Morgan fingerprint density at radius 2 is 1.75 bits per heavy atom. The highest BCUT2D eigenvalue weighted by Crippen LogP contribution is 2.67. The van der Waals surface area contributed by atoms with Gasteiger partial charge in [0.1, 0.15) is 5.60 Å². The zero-order valence-electron chi connectivity index (χ0n) is 11.6. The maximum atomic E-state index is 13.5. The van der Waals surface area contributed by atoms with Crippen LogP contribution >= 0.6 is 0 Å². The number of hydrogen-bond donors (Lipinski definition) is 0. The molecular formula is C15H19F3O2. The molecular weight excluding hydrogens is 269 g/mol. The Hall–Kier alpha value is -1.00. The molecule has 4 aliphatic carbocycles. The summed E-state index contributed by atoms with van der Waals surface area (Å²) in [6.07, 6.45) is -1.83. The van der Waals surface area contributed by atoms with Crippen LogP contribution in [0.3, 0.4) is 0 Å². The molecule has 20 heavy (non-hydrogen) atoms. The molecule has 0 amide bonds. The highest BCUT2D eigenvalue weighted by molar-refractivity contribution is 5.87. The van der Waals surface area contributed by atoms with Gasteiger partial charge in [-0.25, -0.2) is 4.79 Å². The lowest BCUT2D eigenvalue weighted by molar-refractivity contribution is -0.299. The quantitative estimate of drug-likeness (QED) is 0.567. The summed E-state index contributed by atoms with van der Waals surface area (Å²) in [7, 11) is 0. The average molecular weight is 288 g/mol. The van der Waals surface area contributed by atoms with Gasteiger partial charge >= 0.3 is 12.1 Å². The van der Waals surface area contributed by atoms with Gasteiger partial charge in [-0.2, -0.15) is 13.2 Å². The molecule has 2 unspecified atom stereocenters. The largest absolute Gasteiger partial charge is 0.456 e. The molecule has 5 heteroatoms. The predicted molar refractivity (Wildman–Crippen MR) is 66.8 cm³/mol. The molecule has 4 saturated carbocycles. The molecule has 4 bridgehead atoms. The Morgan fingerprint density at radius 1 is 1.20 bits per heavy atom. The zero-order valence-corrected chi connectivity index (χ0v) is 11.6. The van der Waals surface area contributed by atoms with Crippen LogP contribution < -0.4 is 0 Å². The summed E-state index contributed by atoms with van der Waals surface area (Å²) < 4.78 is 46.0. The molecule has 0 N–H and O–H groups in total. The van der Waals surface area contributed by atoms with E-state index in [1.807, 2.05) is 0 Å². The summed E-state index contributed by atoms with van der Waals surface area (Å²) in [5.74, 6) is -0.476. The molecule has 0 heterocycles. The molecule has 0 aromatic heterocycles. The smallest absolute Gasteiger partial charge is 0.394 e. The van der Waals surface area contributed by atoms with E-state index in [0.717, 1.165) is 6.42 Å². The SMILES string of the molecule is C=C(C)C(=O)OC12CC3CC(C1)CC(C(F)(F)F)(C3)C2. The van der Waals surface area contributed by atoms with Crippen LogP contribution in [0.15, 0.2) is 12.2 Å². The predicted octanol–water partition coefficient (Wildman–Crippen LogP) is 4.01. The molecule has 0 aromatic rings. The molecule has 0 aliphatic heterocycles. The van der Waals surface area contributed by atoms with Crippen LogP contribution in [0.5, 0.6) is 0 Å². The zero-order chi connectivity index (χ0) is 14.8. The van der Waals surface area contributed by atoms with E-state index >= 15 is 0 Å². The van der Waals surface area contributed by atoms with E-state index in [2.05, 4.69) is 6.58 Å². The minimum Gasteiger partial charge on any atom is -0.456 e. The normalized spacial score (nSPS) is 42.6. The Kier molecular flexibility index (Phi) is 2.80. The molecule has 112 valence electrons. The van der Waals surface area contributed by atoms with Gasteiger partial charge in [-0.05, 0) is 50.9 Å². The molecule has 0 aromatic carbocycles. The lowest BCUT2D eigenvalue weighted by atomic mass is 9.47. The first-order valence-corrected chi connectivity index (χ1v) is 7.10. The number of hydrogen-bond acceptors (Lipinski definition) is 2. The fourth-order valence-corrected chi connectivity index (χ4v) is 4.91. The number of rotatable bonds is 2. The van der Waals surface area contributed by atoms with Crippen molar-refractivity contribution in [1.29, 1.82) is 0 Å². The van der Waals surface area contributed by atoms with Gasteiger partial charge in [0.25, 0.3) is 0 Å². The first kappa shape index (κ1) is 14.0. The van der Waals surface area contributed by atoms with Crippen molar-refractivity contribution in [2.24, 2.45) is 17.3 Å². The highest BCUT2D eigenvalue weighted by Gasteiger charge is 2.68. The van der Waals surface area contributed by atoms with Crippen molar-refractivity contribution in [2.45, 2.75) is 57.2 Å². The summed E-state index contributed by atoms with van der Waals surface area (Å²) in [6.45, 7) is 5.05. The molecule has 4 fully saturated rings. The second kappa shape index (κ2) is 4.01. The van der Waals surface area contributed by atoms with E-state index in [-0.39, 0.29) is 36.7 Å². The molecule has 0 radical (unpaired) electrons. The van der Waals surface area contributed by atoms with Crippen molar-refractivity contribution in [3.63, 3.8) is 0 Å². The maximum Gasteiger partial charge on any atom is 0.394 e. The van der Waals surface area contributed by atoms with Gasteiger partial charge in [0.2, 0.25) is 0 Å². The van der Waals surface area contributed by atoms with Gasteiger partial charge in [0.05, 0.1) is 5.41 Å². The third-order valence-electron chi connectivity index (χ3n) is 5.27. The van der Waals surface area contributed by atoms with Crippen LogP contribution in [-0.4, -0.2) is 17.7 Å². The van der Waals surface area contributed by atoms with Crippen molar-refractivity contribution in [1.82, 2.24) is 0 Å².